The Kier molecular flexibility index (Phi) is 5.40. The molecule has 0 aromatic heterocycles. The van der Waals surface area contributed by atoms with Gasteiger partial charge >= 0.3 is 5.97 Å². The molecule has 8 heteroatoms. The van der Waals surface area contributed by atoms with Crippen molar-refractivity contribution in [3.63, 3.8) is 0 Å². The van der Waals surface area contributed by atoms with Crippen molar-refractivity contribution in [1.82, 2.24) is 5.43 Å². The van der Waals surface area contributed by atoms with Gasteiger partial charge in [0.05, 0.1) is 0 Å². The van der Waals surface area contributed by atoms with E-state index in [2.05, 4.69) is 10.5 Å². The second-order valence-corrected chi connectivity index (χ2v) is 4.78. The SMILES string of the molecule is CCN(C(=O)COC(=O)C1=NNC(=O)CC1)c1ccc(F)cc1. The van der Waals surface area contributed by atoms with Crippen LogP contribution in [-0.4, -0.2) is 36.6 Å². The summed E-state index contributed by atoms with van der Waals surface area (Å²) < 4.78 is 17.8. The van der Waals surface area contributed by atoms with Crippen LogP contribution in [0.15, 0.2) is 29.4 Å². The summed E-state index contributed by atoms with van der Waals surface area (Å²) in [4.78, 5) is 36.2. The molecule has 0 fully saturated rings. The molecule has 1 aromatic rings. The van der Waals surface area contributed by atoms with Crippen LogP contribution in [0.5, 0.6) is 0 Å². The Morgan fingerprint density at radius 1 is 1.30 bits per heavy atom. The second kappa shape index (κ2) is 7.48. The average molecular weight is 321 g/mol. The van der Waals surface area contributed by atoms with Crippen LogP contribution in [0.2, 0.25) is 0 Å². The van der Waals surface area contributed by atoms with Gasteiger partial charge in [0.1, 0.15) is 11.5 Å². The number of halogens is 1. The molecule has 7 nitrogen and oxygen atoms in total. The first-order valence-corrected chi connectivity index (χ1v) is 7.09. The third kappa shape index (κ3) is 4.35. The molecule has 2 rings (SSSR count). The van der Waals surface area contributed by atoms with Crippen LogP contribution in [-0.2, 0) is 19.1 Å². The van der Waals surface area contributed by atoms with E-state index in [4.69, 9.17) is 4.74 Å². The third-order valence-electron chi connectivity index (χ3n) is 3.22. The van der Waals surface area contributed by atoms with Crippen LogP contribution in [0.4, 0.5) is 10.1 Å². The maximum absolute atomic E-state index is 12.9. The van der Waals surface area contributed by atoms with Gasteiger partial charge in [0.25, 0.3) is 5.91 Å². The van der Waals surface area contributed by atoms with Gasteiger partial charge < -0.3 is 9.64 Å². The molecule has 1 aromatic carbocycles. The lowest BCUT2D eigenvalue weighted by atomic mass is 10.2. The van der Waals surface area contributed by atoms with Gasteiger partial charge in [-0.05, 0) is 31.2 Å². The number of nitrogens with one attached hydrogen (secondary N) is 1. The van der Waals surface area contributed by atoms with E-state index in [1.165, 1.54) is 29.2 Å². The predicted molar refractivity (Wildman–Crippen MR) is 80.2 cm³/mol. The van der Waals surface area contributed by atoms with Gasteiger partial charge in [0.15, 0.2) is 6.61 Å². The highest BCUT2D eigenvalue weighted by Gasteiger charge is 2.22. The van der Waals surface area contributed by atoms with E-state index in [1.54, 1.807) is 6.92 Å². The van der Waals surface area contributed by atoms with Gasteiger partial charge in [-0.25, -0.2) is 14.6 Å². The molecule has 0 radical (unpaired) electrons. The van der Waals surface area contributed by atoms with E-state index in [-0.39, 0.29) is 24.5 Å². The number of carbonyl (C=O) groups excluding carboxylic acids is 3. The first-order valence-electron chi connectivity index (χ1n) is 7.09. The number of nitrogens with zero attached hydrogens (tertiary/aromatic N) is 2. The van der Waals surface area contributed by atoms with Gasteiger partial charge in [0, 0.05) is 25.1 Å². The molecule has 0 saturated carbocycles. The summed E-state index contributed by atoms with van der Waals surface area (Å²) >= 11 is 0. The number of likely N-dealkylation sites (N-methyl/N-ethyl adjacent to an activating group) is 1. The van der Waals surface area contributed by atoms with Crippen LogP contribution in [0.3, 0.4) is 0 Å². The van der Waals surface area contributed by atoms with Crippen molar-refractivity contribution in [2.75, 3.05) is 18.1 Å². The standard InChI is InChI=1S/C15H16FN3O4/c1-2-19(11-5-3-10(16)4-6-11)14(21)9-23-15(22)12-7-8-13(20)18-17-12/h3-6H,2,7-9H2,1H3,(H,18,20). The fraction of sp³-hybridized carbons (Fsp3) is 0.333. The number of anilines is 1. The minimum atomic E-state index is -0.742. The maximum atomic E-state index is 12.9. The molecular weight excluding hydrogens is 305 g/mol. The molecule has 1 aliphatic rings. The summed E-state index contributed by atoms with van der Waals surface area (Å²) in [7, 11) is 0. The minimum Gasteiger partial charge on any atom is -0.451 e. The van der Waals surface area contributed by atoms with Crippen molar-refractivity contribution in [1.29, 1.82) is 0 Å². The fourth-order valence-corrected chi connectivity index (χ4v) is 2.03. The van der Waals surface area contributed by atoms with Crippen LogP contribution < -0.4 is 10.3 Å². The first-order chi connectivity index (χ1) is 11.0. The highest BCUT2D eigenvalue weighted by Crippen LogP contribution is 2.15. The number of esters is 1. The van der Waals surface area contributed by atoms with Crippen molar-refractivity contribution in [3.05, 3.63) is 30.1 Å². The summed E-state index contributed by atoms with van der Waals surface area (Å²) in [6.45, 7) is 1.64. The van der Waals surface area contributed by atoms with E-state index in [0.29, 0.717) is 12.2 Å². The summed E-state index contributed by atoms with van der Waals surface area (Å²) in [6.07, 6.45) is 0.326. The highest BCUT2D eigenvalue weighted by molar-refractivity contribution is 6.37. The average Bonchev–Trinajstić information content (AvgIpc) is 2.55. The quantitative estimate of drug-likeness (QED) is 0.819. The molecule has 1 heterocycles. The molecule has 0 saturated heterocycles. The number of hydrogen-bond acceptors (Lipinski definition) is 5. The molecule has 1 aliphatic heterocycles. The minimum absolute atomic E-state index is 0.0715. The van der Waals surface area contributed by atoms with E-state index < -0.39 is 24.3 Å². The van der Waals surface area contributed by atoms with Gasteiger partial charge in [-0.2, -0.15) is 5.10 Å². The number of amides is 2. The molecule has 2 amide bonds. The molecule has 0 aliphatic carbocycles. The molecule has 0 bridgehead atoms. The van der Waals surface area contributed by atoms with Crippen molar-refractivity contribution in [2.24, 2.45) is 5.10 Å². The Morgan fingerprint density at radius 2 is 2.00 bits per heavy atom. The predicted octanol–water partition coefficient (Wildman–Crippen LogP) is 0.988. The van der Waals surface area contributed by atoms with E-state index in [1.807, 2.05) is 0 Å². The molecule has 0 unspecified atom stereocenters. The zero-order valence-electron chi connectivity index (χ0n) is 12.5. The smallest absolute Gasteiger partial charge is 0.355 e. The second-order valence-electron chi connectivity index (χ2n) is 4.78. The summed E-state index contributed by atoms with van der Waals surface area (Å²) in [5.41, 5.74) is 2.77. The molecule has 122 valence electrons. The Morgan fingerprint density at radius 3 is 2.57 bits per heavy atom. The Hall–Kier alpha value is -2.77. The summed E-state index contributed by atoms with van der Waals surface area (Å²) in [5.74, 6) is -1.85. The summed E-state index contributed by atoms with van der Waals surface area (Å²) in [6, 6.07) is 5.44. The van der Waals surface area contributed by atoms with Crippen LogP contribution >= 0.6 is 0 Å². The number of ether oxygens (including phenoxy) is 1. The van der Waals surface area contributed by atoms with Crippen molar-refractivity contribution in [3.8, 4) is 0 Å². The van der Waals surface area contributed by atoms with Crippen molar-refractivity contribution >= 4 is 29.2 Å². The monoisotopic (exact) mass is 321 g/mol. The van der Waals surface area contributed by atoms with Crippen LogP contribution in [0, 0.1) is 5.82 Å². The van der Waals surface area contributed by atoms with E-state index in [0.717, 1.165) is 0 Å². The van der Waals surface area contributed by atoms with Gasteiger partial charge in [0.2, 0.25) is 5.91 Å². The van der Waals surface area contributed by atoms with Gasteiger partial charge in [-0.15, -0.1) is 0 Å². The first kappa shape index (κ1) is 16.6. The largest absolute Gasteiger partial charge is 0.451 e. The van der Waals surface area contributed by atoms with Gasteiger partial charge in [-0.1, -0.05) is 0 Å². The summed E-state index contributed by atoms with van der Waals surface area (Å²) in [5, 5.41) is 3.60. The van der Waals surface area contributed by atoms with E-state index >= 15 is 0 Å². The third-order valence-corrected chi connectivity index (χ3v) is 3.22. The Labute approximate surface area is 132 Å². The van der Waals surface area contributed by atoms with Crippen LogP contribution in [0.1, 0.15) is 19.8 Å². The molecular formula is C15H16FN3O4. The van der Waals surface area contributed by atoms with Gasteiger partial charge in [-0.3, -0.25) is 9.59 Å². The highest BCUT2D eigenvalue weighted by atomic mass is 19.1. The number of hydrazone groups is 1. The molecule has 0 atom stereocenters. The number of hydrogen-bond donors (Lipinski definition) is 1. The van der Waals surface area contributed by atoms with Crippen molar-refractivity contribution < 1.29 is 23.5 Å². The normalized spacial score (nSPS) is 13.8. The molecule has 0 spiro atoms. The maximum Gasteiger partial charge on any atom is 0.355 e. The number of rotatable bonds is 5. The number of benzene rings is 1. The van der Waals surface area contributed by atoms with Crippen LogP contribution in [0.25, 0.3) is 0 Å². The lowest BCUT2D eigenvalue weighted by Gasteiger charge is -2.21. The Bertz CT molecular complexity index is 643. The van der Waals surface area contributed by atoms with E-state index in [9.17, 15) is 18.8 Å². The lowest BCUT2D eigenvalue weighted by Crippen LogP contribution is -2.36. The molecule has 23 heavy (non-hydrogen) atoms. The zero-order chi connectivity index (χ0) is 16.8. The fourth-order valence-electron chi connectivity index (χ4n) is 2.03. The number of carbonyl (C=O) groups is 3. The van der Waals surface area contributed by atoms with Crippen molar-refractivity contribution in [2.45, 2.75) is 19.8 Å². The Balaban J connectivity index is 1.93. The zero-order valence-corrected chi connectivity index (χ0v) is 12.5. The topological polar surface area (TPSA) is 88.1 Å². The lowest BCUT2D eigenvalue weighted by molar-refractivity contribution is -0.141. The molecule has 1 N–H and O–H groups in total.